The maximum absolute atomic E-state index is 6.79. The molecule has 2 N–H and O–H groups in total. The molecule has 0 aromatic carbocycles. The van der Waals surface area contributed by atoms with Crippen LogP contribution in [0.1, 0.15) is 64.3 Å². The second-order valence-corrected chi connectivity index (χ2v) is 6.52. The molecule has 0 radical (unpaired) electrons. The number of nitrogens with two attached hydrogens (primary N) is 1. The molecule has 1 fully saturated rings. The molecule has 0 bridgehead atoms. The highest BCUT2D eigenvalue weighted by molar-refractivity contribution is 6.31. The van der Waals surface area contributed by atoms with Crippen LogP contribution < -0.4 is 5.73 Å². The Morgan fingerprint density at radius 2 is 2.10 bits per heavy atom. The number of halogens is 1. The molecule has 1 saturated carbocycles. The van der Waals surface area contributed by atoms with Gasteiger partial charge in [0.1, 0.15) is 0 Å². The molecule has 1 aromatic heterocycles. The molecule has 20 heavy (non-hydrogen) atoms. The van der Waals surface area contributed by atoms with Crippen LogP contribution in [0.2, 0.25) is 5.02 Å². The van der Waals surface area contributed by atoms with Crippen molar-refractivity contribution in [3.05, 3.63) is 16.4 Å². The van der Waals surface area contributed by atoms with E-state index in [1.165, 1.54) is 19.3 Å². The van der Waals surface area contributed by atoms with Gasteiger partial charge < -0.3 is 5.73 Å². The van der Waals surface area contributed by atoms with E-state index in [1.54, 1.807) is 0 Å². The summed E-state index contributed by atoms with van der Waals surface area (Å²) in [4.78, 5) is 0. The van der Waals surface area contributed by atoms with Gasteiger partial charge in [0.05, 0.1) is 16.4 Å². The lowest BCUT2D eigenvalue weighted by molar-refractivity contribution is 0.179. The summed E-state index contributed by atoms with van der Waals surface area (Å²) in [7, 11) is 0. The van der Waals surface area contributed by atoms with Gasteiger partial charge in [-0.1, -0.05) is 44.7 Å². The van der Waals surface area contributed by atoms with Gasteiger partial charge >= 0.3 is 0 Å². The van der Waals surface area contributed by atoms with E-state index >= 15 is 0 Å². The van der Waals surface area contributed by atoms with Crippen molar-refractivity contribution in [3.8, 4) is 0 Å². The molecule has 3 nitrogen and oxygen atoms in total. The van der Waals surface area contributed by atoms with E-state index in [0.717, 1.165) is 48.6 Å². The van der Waals surface area contributed by atoms with Crippen LogP contribution in [0.3, 0.4) is 0 Å². The Kier molecular flexibility index (Phi) is 5.14. The maximum Gasteiger partial charge on any atom is 0.0850 e. The van der Waals surface area contributed by atoms with Gasteiger partial charge in [0.25, 0.3) is 0 Å². The summed E-state index contributed by atoms with van der Waals surface area (Å²) >= 11 is 6.54. The predicted molar refractivity (Wildman–Crippen MR) is 85.2 cm³/mol. The quantitative estimate of drug-likeness (QED) is 0.894. The molecule has 0 amide bonds. The second kappa shape index (κ2) is 6.48. The average Bonchev–Trinajstić information content (AvgIpc) is 2.75. The Labute approximate surface area is 127 Å². The zero-order valence-corrected chi connectivity index (χ0v) is 13.8. The van der Waals surface area contributed by atoms with Crippen molar-refractivity contribution in [3.63, 3.8) is 0 Å². The average molecular weight is 298 g/mol. The van der Waals surface area contributed by atoms with Crippen LogP contribution in [0.4, 0.5) is 0 Å². The van der Waals surface area contributed by atoms with Gasteiger partial charge in [-0.2, -0.15) is 5.10 Å². The van der Waals surface area contributed by atoms with E-state index < -0.39 is 0 Å². The Morgan fingerprint density at radius 1 is 1.35 bits per heavy atom. The first-order valence-electron chi connectivity index (χ1n) is 8.08. The minimum Gasteiger partial charge on any atom is -0.324 e. The number of aryl methyl sites for hydroxylation is 2. The summed E-state index contributed by atoms with van der Waals surface area (Å²) in [5.41, 5.74) is 8.84. The number of hydrogen-bond acceptors (Lipinski definition) is 2. The summed E-state index contributed by atoms with van der Waals surface area (Å²) in [6.07, 6.45) is 7.83. The summed E-state index contributed by atoms with van der Waals surface area (Å²) in [5.74, 6) is 0.609. The molecule has 1 aromatic rings. The lowest BCUT2D eigenvalue weighted by Gasteiger charge is -2.41. The van der Waals surface area contributed by atoms with Crippen molar-refractivity contribution in [1.29, 1.82) is 0 Å². The molecular formula is C16H28ClN3. The molecule has 0 aliphatic heterocycles. The van der Waals surface area contributed by atoms with Gasteiger partial charge in [0, 0.05) is 18.5 Å². The number of hydrogen-bond donors (Lipinski definition) is 1. The van der Waals surface area contributed by atoms with Crippen LogP contribution >= 0.6 is 11.6 Å². The molecule has 1 heterocycles. The monoisotopic (exact) mass is 297 g/mol. The van der Waals surface area contributed by atoms with Gasteiger partial charge in [0.2, 0.25) is 0 Å². The van der Waals surface area contributed by atoms with Crippen LogP contribution in [0.25, 0.3) is 0 Å². The van der Waals surface area contributed by atoms with Gasteiger partial charge in [0.15, 0.2) is 0 Å². The zero-order valence-electron chi connectivity index (χ0n) is 13.1. The van der Waals surface area contributed by atoms with Crippen LogP contribution in [0, 0.1) is 5.92 Å². The van der Waals surface area contributed by atoms with Crippen LogP contribution in [0.15, 0.2) is 0 Å². The molecule has 114 valence electrons. The molecular weight excluding hydrogens is 270 g/mol. The van der Waals surface area contributed by atoms with E-state index in [0.29, 0.717) is 5.92 Å². The van der Waals surface area contributed by atoms with E-state index in [1.807, 2.05) is 0 Å². The highest BCUT2D eigenvalue weighted by atomic mass is 35.5. The van der Waals surface area contributed by atoms with Crippen LogP contribution in [0.5, 0.6) is 0 Å². The fourth-order valence-electron chi connectivity index (χ4n) is 3.68. The molecule has 0 saturated heterocycles. The lowest BCUT2D eigenvalue weighted by atomic mass is 9.70. The summed E-state index contributed by atoms with van der Waals surface area (Å²) in [5, 5.41) is 5.47. The first kappa shape index (κ1) is 15.8. The topological polar surface area (TPSA) is 43.8 Å². The predicted octanol–water partition coefficient (Wildman–Crippen LogP) is 3.96. The highest BCUT2D eigenvalue weighted by Crippen LogP contribution is 2.38. The van der Waals surface area contributed by atoms with Gasteiger partial charge in [-0.05, 0) is 32.1 Å². The SMILES string of the molecule is CCc1nn(CC)c(CC2(N)CCCCC2CC)c1Cl. The molecule has 4 heteroatoms. The molecule has 2 atom stereocenters. The fraction of sp³-hybridized carbons (Fsp3) is 0.812. The summed E-state index contributed by atoms with van der Waals surface area (Å²) in [6.45, 7) is 7.34. The van der Waals surface area contributed by atoms with Crippen molar-refractivity contribution in [2.45, 2.75) is 77.8 Å². The number of rotatable bonds is 5. The lowest BCUT2D eigenvalue weighted by Crippen LogP contribution is -2.51. The Morgan fingerprint density at radius 3 is 2.70 bits per heavy atom. The van der Waals surface area contributed by atoms with Crippen molar-refractivity contribution >= 4 is 11.6 Å². The first-order valence-corrected chi connectivity index (χ1v) is 8.46. The van der Waals surface area contributed by atoms with Crippen molar-refractivity contribution in [1.82, 2.24) is 9.78 Å². The van der Waals surface area contributed by atoms with E-state index in [4.69, 9.17) is 17.3 Å². The van der Waals surface area contributed by atoms with Crippen LogP contribution in [-0.4, -0.2) is 15.3 Å². The largest absolute Gasteiger partial charge is 0.324 e. The Balaban J connectivity index is 2.30. The third kappa shape index (κ3) is 2.89. The minimum atomic E-state index is -0.103. The fourth-order valence-corrected chi connectivity index (χ4v) is 4.01. The van der Waals surface area contributed by atoms with Crippen LogP contribution in [-0.2, 0) is 19.4 Å². The number of nitrogens with zero attached hydrogens (tertiary/aromatic N) is 2. The normalized spacial score (nSPS) is 26.9. The first-order chi connectivity index (χ1) is 9.55. The summed E-state index contributed by atoms with van der Waals surface area (Å²) < 4.78 is 2.05. The molecule has 1 aliphatic carbocycles. The maximum atomic E-state index is 6.79. The van der Waals surface area contributed by atoms with E-state index in [-0.39, 0.29) is 5.54 Å². The Bertz CT molecular complexity index is 455. The van der Waals surface area contributed by atoms with E-state index in [9.17, 15) is 0 Å². The Hall–Kier alpha value is -0.540. The van der Waals surface area contributed by atoms with Gasteiger partial charge in [-0.3, -0.25) is 4.68 Å². The number of aromatic nitrogens is 2. The third-order valence-corrected chi connectivity index (χ3v) is 5.38. The zero-order chi connectivity index (χ0) is 14.8. The smallest absolute Gasteiger partial charge is 0.0850 e. The standard InChI is InChI=1S/C16H28ClN3/c1-4-12-9-7-8-10-16(12,18)11-14-15(17)13(5-2)19-20(14)6-3/h12H,4-11,18H2,1-3H3. The van der Waals surface area contributed by atoms with Crippen molar-refractivity contribution in [2.24, 2.45) is 11.7 Å². The highest BCUT2D eigenvalue weighted by Gasteiger charge is 2.37. The van der Waals surface area contributed by atoms with Gasteiger partial charge in [-0.15, -0.1) is 0 Å². The van der Waals surface area contributed by atoms with E-state index in [2.05, 4.69) is 30.6 Å². The molecule has 2 rings (SSSR count). The van der Waals surface area contributed by atoms with Gasteiger partial charge in [-0.25, -0.2) is 0 Å². The minimum absolute atomic E-state index is 0.103. The molecule has 0 spiro atoms. The molecule has 2 unspecified atom stereocenters. The van der Waals surface area contributed by atoms with Crippen molar-refractivity contribution < 1.29 is 0 Å². The van der Waals surface area contributed by atoms with Crippen molar-refractivity contribution in [2.75, 3.05) is 0 Å². The summed E-state index contributed by atoms with van der Waals surface area (Å²) in [6, 6.07) is 0. The second-order valence-electron chi connectivity index (χ2n) is 6.14. The molecule has 1 aliphatic rings. The third-order valence-electron chi connectivity index (χ3n) is 4.94.